The van der Waals surface area contributed by atoms with Crippen molar-refractivity contribution in [1.82, 2.24) is 4.72 Å². The van der Waals surface area contributed by atoms with Crippen LogP contribution >= 0.6 is 11.6 Å². The van der Waals surface area contributed by atoms with Crippen LogP contribution in [0.3, 0.4) is 0 Å². The maximum atomic E-state index is 12.4. The van der Waals surface area contributed by atoms with Crippen LogP contribution in [0.1, 0.15) is 37.8 Å². The molecule has 0 aliphatic carbocycles. The summed E-state index contributed by atoms with van der Waals surface area (Å²) in [5.74, 6) is 0.604. The smallest absolute Gasteiger partial charge is 0.211 e. The summed E-state index contributed by atoms with van der Waals surface area (Å²) in [4.78, 5) is 0.366. The second-order valence-corrected chi connectivity index (χ2v) is 8.16. The molecule has 0 aliphatic heterocycles. The number of rotatable bonds is 7. The number of halogens is 1. The summed E-state index contributed by atoms with van der Waals surface area (Å²) in [7, 11) is -3.45. The van der Waals surface area contributed by atoms with Crippen LogP contribution in [0, 0.1) is 19.3 Å². The third-order valence-electron chi connectivity index (χ3n) is 3.36. The van der Waals surface area contributed by atoms with Crippen molar-refractivity contribution < 1.29 is 8.42 Å². The highest BCUT2D eigenvalue weighted by Gasteiger charge is 2.23. The van der Waals surface area contributed by atoms with Crippen molar-refractivity contribution in [3.63, 3.8) is 0 Å². The Labute approximate surface area is 127 Å². The Kier molecular flexibility index (Phi) is 6.05. The Hall–Kier alpha value is -0.580. The van der Waals surface area contributed by atoms with Crippen LogP contribution in [-0.2, 0) is 10.0 Å². The topological polar surface area (TPSA) is 46.2 Å². The summed E-state index contributed by atoms with van der Waals surface area (Å²) in [6.07, 6.45) is 1.78. The van der Waals surface area contributed by atoms with E-state index >= 15 is 0 Å². The van der Waals surface area contributed by atoms with Gasteiger partial charge in [-0.05, 0) is 49.3 Å². The highest BCUT2D eigenvalue weighted by atomic mass is 35.5. The predicted octanol–water partition coefficient (Wildman–Crippen LogP) is 3.63. The lowest BCUT2D eigenvalue weighted by Crippen LogP contribution is -2.34. The summed E-state index contributed by atoms with van der Waals surface area (Å²) in [5.41, 5.74) is 1.61. The summed E-state index contributed by atoms with van der Waals surface area (Å²) in [6, 6.07) is 5.46. The molecule has 1 aromatic rings. The van der Waals surface area contributed by atoms with Gasteiger partial charge in [0.15, 0.2) is 0 Å². The molecule has 0 saturated heterocycles. The second-order valence-electron chi connectivity index (χ2n) is 6.05. The van der Waals surface area contributed by atoms with E-state index in [1.807, 2.05) is 39.8 Å². The van der Waals surface area contributed by atoms with Crippen molar-refractivity contribution in [2.45, 2.75) is 45.4 Å². The first-order chi connectivity index (χ1) is 9.18. The summed E-state index contributed by atoms with van der Waals surface area (Å²) >= 11 is 5.69. The van der Waals surface area contributed by atoms with Crippen LogP contribution in [0.5, 0.6) is 0 Å². The zero-order chi connectivity index (χ0) is 15.4. The first kappa shape index (κ1) is 17.5. The molecule has 1 aromatic carbocycles. The molecule has 0 amide bonds. The van der Waals surface area contributed by atoms with Crippen molar-refractivity contribution in [3.05, 3.63) is 29.3 Å². The van der Waals surface area contributed by atoms with E-state index in [2.05, 4.69) is 4.72 Å². The molecule has 0 aliphatic rings. The fraction of sp³-hybridized carbons (Fsp3) is 0.600. The number of aryl methyl sites for hydroxylation is 2. The Morgan fingerprint density at radius 2 is 1.90 bits per heavy atom. The molecule has 0 unspecified atom stereocenters. The molecule has 0 spiro atoms. The van der Waals surface area contributed by atoms with E-state index in [0.29, 0.717) is 17.3 Å². The Morgan fingerprint density at radius 1 is 1.25 bits per heavy atom. The first-order valence-electron chi connectivity index (χ1n) is 6.81. The molecule has 0 saturated carbocycles. The molecule has 1 rings (SSSR count). The minimum absolute atomic E-state index is 0.0975. The van der Waals surface area contributed by atoms with Gasteiger partial charge in [-0.2, -0.15) is 0 Å². The number of sulfonamides is 1. The molecular formula is C15H24ClNO2S. The molecule has 0 aromatic heterocycles. The monoisotopic (exact) mass is 317 g/mol. The quantitative estimate of drug-likeness (QED) is 0.781. The lowest BCUT2D eigenvalue weighted by molar-refractivity contribution is 0.331. The maximum Gasteiger partial charge on any atom is 0.240 e. The standard InChI is InChI=1S/C15H24ClNO2S/c1-12-6-7-13(2)14(10-12)20(18,19)17-11-15(3,4)8-5-9-16/h6-7,10,17H,5,8-9,11H2,1-4H3. The molecule has 20 heavy (non-hydrogen) atoms. The molecule has 5 heteroatoms. The molecule has 0 radical (unpaired) electrons. The fourth-order valence-corrected chi connectivity index (χ4v) is 3.70. The first-order valence-corrected chi connectivity index (χ1v) is 8.83. The summed E-state index contributed by atoms with van der Waals surface area (Å²) in [5, 5.41) is 0. The van der Waals surface area contributed by atoms with E-state index < -0.39 is 10.0 Å². The van der Waals surface area contributed by atoms with Crippen molar-refractivity contribution in [2.24, 2.45) is 5.41 Å². The lowest BCUT2D eigenvalue weighted by atomic mass is 9.88. The SMILES string of the molecule is Cc1ccc(C)c(S(=O)(=O)NCC(C)(C)CCCCl)c1. The molecule has 0 atom stereocenters. The largest absolute Gasteiger partial charge is 0.240 e. The van der Waals surface area contributed by atoms with Gasteiger partial charge in [-0.15, -0.1) is 11.6 Å². The Bertz CT molecular complexity index is 553. The van der Waals surface area contributed by atoms with Gasteiger partial charge in [-0.3, -0.25) is 0 Å². The van der Waals surface area contributed by atoms with Gasteiger partial charge in [0.2, 0.25) is 10.0 Å². The number of alkyl halides is 1. The van der Waals surface area contributed by atoms with Crippen molar-refractivity contribution >= 4 is 21.6 Å². The van der Waals surface area contributed by atoms with Crippen LogP contribution in [0.15, 0.2) is 23.1 Å². The minimum atomic E-state index is -3.45. The molecule has 1 N–H and O–H groups in total. The highest BCUT2D eigenvalue weighted by Crippen LogP contribution is 2.23. The van der Waals surface area contributed by atoms with Gasteiger partial charge in [-0.25, -0.2) is 13.1 Å². The number of hydrogen-bond donors (Lipinski definition) is 1. The number of benzene rings is 1. The van der Waals surface area contributed by atoms with Crippen LogP contribution in [0.25, 0.3) is 0 Å². The van der Waals surface area contributed by atoms with Crippen LogP contribution in [-0.4, -0.2) is 20.8 Å². The number of nitrogens with one attached hydrogen (secondary N) is 1. The average molecular weight is 318 g/mol. The van der Waals surface area contributed by atoms with Crippen LogP contribution in [0.2, 0.25) is 0 Å². The van der Waals surface area contributed by atoms with Gasteiger partial charge in [0.1, 0.15) is 0 Å². The predicted molar refractivity (Wildman–Crippen MR) is 84.8 cm³/mol. The van der Waals surface area contributed by atoms with Crippen molar-refractivity contribution in [1.29, 1.82) is 0 Å². The van der Waals surface area contributed by atoms with Gasteiger partial charge >= 0.3 is 0 Å². The van der Waals surface area contributed by atoms with E-state index in [-0.39, 0.29) is 5.41 Å². The molecule has 0 bridgehead atoms. The molecule has 3 nitrogen and oxygen atoms in total. The molecule has 0 heterocycles. The van der Waals surface area contributed by atoms with E-state index in [9.17, 15) is 8.42 Å². The van der Waals surface area contributed by atoms with E-state index in [1.165, 1.54) is 0 Å². The van der Waals surface area contributed by atoms with Gasteiger partial charge in [0.25, 0.3) is 0 Å². The summed E-state index contributed by atoms with van der Waals surface area (Å²) in [6.45, 7) is 8.21. The van der Waals surface area contributed by atoms with Gasteiger partial charge < -0.3 is 0 Å². The zero-order valence-electron chi connectivity index (χ0n) is 12.7. The zero-order valence-corrected chi connectivity index (χ0v) is 14.2. The summed E-state index contributed by atoms with van der Waals surface area (Å²) < 4.78 is 27.5. The highest BCUT2D eigenvalue weighted by molar-refractivity contribution is 7.89. The van der Waals surface area contributed by atoms with Gasteiger partial charge in [0, 0.05) is 12.4 Å². The lowest BCUT2D eigenvalue weighted by Gasteiger charge is -2.24. The second kappa shape index (κ2) is 6.92. The van der Waals surface area contributed by atoms with Gasteiger partial charge in [-0.1, -0.05) is 26.0 Å². The minimum Gasteiger partial charge on any atom is -0.211 e. The Balaban J connectivity index is 2.83. The third-order valence-corrected chi connectivity index (χ3v) is 5.17. The van der Waals surface area contributed by atoms with E-state index in [4.69, 9.17) is 11.6 Å². The normalized spacial score (nSPS) is 12.7. The van der Waals surface area contributed by atoms with Gasteiger partial charge in [0.05, 0.1) is 4.90 Å². The maximum absolute atomic E-state index is 12.4. The Morgan fingerprint density at radius 3 is 2.50 bits per heavy atom. The molecule has 114 valence electrons. The van der Waals surface area contributed by atoms with E-state index in [1.54, 1.807) is 6.07 Å². The average Bonchev–Trinajstić information content (AvgIpc) is 2.37. The molecular weight excluding hydrogens is 294 g/mol. The molecule has 0 fully saturated rings. The van der Waals surface area contributed by atoms with Crippen molar-refractivity contribution in [3.8, 4) is 0 Å². The van der Waals surface area contributed by atoms with E-state index in [0.717, 1.165) is 24.0 Å². The number of hydrogen-bond acceptors (Lipinski definition) is 2. The van der Waals surface area contributed by atoms with Crippen molar-refractivity contribution in [2.75, 3.05) is 12.4 Å². The third kappa shape index (κ3) is 5.08. The van der Waals surface area contributed by atoms with Crippen LogP contribution in [0.4, 0.5) is 0 Å². The fourth-order valence-electron chi connectivity index (χ4n) is 2.00. The van der Waals surface area contributed by atoms with Crippen LogP contribution < -0.4 is 4.72 Å².